The number of thiazole rings is 1. The van der Waals surface area contributed by atoms with Gasteiger partial charge in [-0.2, -0.15) is 0 Å². The summed E-state index contributed by atoms with van der Waals surface area (Å²) in [6.07, 6.45) is 5.35. The molecule has 0 fully saturated rings. The Morgan fingerprint density at radius 2 is 2.18 bits per heavy atom. The zero-order valence-corrected chi connectivity index (χ0v) is 12.0. The molecule has 17 heavy (non-hydrogen) atoms. The Hall–Kier alpha value is -0.900. The molecule has 0 aromatic carbocycles. The van der Waals surface area contributed by atoms with Crippen LogP contribution in [0.4, 0.5) is 5.13 Å². The lowest BCUT2D eigenvalue weighted by molar-refractivity contribution is 0.102. The van der Waals surface area contributed by atoms with Gasteiger partial charge >= 0.3 is 0 Å². The van der Waals surface area contributed by atoms with Crippen molar-refractivity contribution < 1.29 is 4.79 Å². The van der Waals surface area contributed by atoms with Gasteiger partial charge in [-0.1, -0.05) is 31.1 Å². The normalized spacial score (nSPS) is 10.9. The highest BCUT2D eigenvalue weighted by Crippen LogP contribution is 2.25. The average Bonchev–Trinajstić information content (AvgIpc) is 2.73. The number of hydrogen-bond donors (Lipinski definition) is 0. The number of Topliss-reactive ketones (excluding diaryl/α,β-unsaturated/α-hetero) is 1. The summed E-state index contributed by atoms with van der Waals surface area (Å²) in [7, 11) is 0. The molecule has 0 unspecified atom stereocenters. The van der Waals surface area contributed by atoms with Crippen LogP contribution in [0.25, 0.3) is 0 Å². The molecule has 0 saturated carbocycles. The molecular weight excluding hydrogens is 232 g/mol. The number of hydrogen-bond acceptors (Lipinski definition) is 4. The van der Waals surface area contributed by atoms with Crippen molar-refractivity contribution in [1.82, 2.24) is 4.98 Å². The van der Waals surface area contributed by atoms with Crippen molar-refractivity contribution >= 4 is 22.3 Å². The summed E-state index contributed by atoms with van der Waals surface area (Å²) in [6.45, 7) is 9.16. The second kappa shape index (κ2) is 6.74. The van der Waals surface area contributed by atoms with E-state index in [0.717, 1.165) is 16.6 Å². The van der Waals surface area contributed by atoms with Crippen LogP contribution in [0, 0.1) is 0 Å². The molecule has 0 aliphatic rings. The smallest absolute Gasteiger partial charge is 0.186 e. The number of aromatic nitrogens is 1. The van der Waals surface area contributed by atoms with Gasteiger partial charge in [-0.05, 0) is 20.3 Å². The quantitative estimate of drug-likeness (QED) is 0.549. The van der Waals surface area contributed by atoms with Crippen molar-refractivity contribution in [3.8, 4) is 0 Å². The zero-order chi connectivity index (χ0) is 12.8. The summed E-state index contributed by atoms with van der Waals surface area (Å²) >= 11 is 1.50. The molecule has 1 aromatic heterocycles. The van der Waals surface area contributed by atoms with E-state index in [1.807, 2.05) is 0 Å². The van der Waals surface area contributed by atoms with Gasteiger partial charge in [-0.3, -0.25) is 4.79 Å². The van der Waals surface area contributed by atoms with Crippen molar-refractivity contribution in [2.75, 3.05) is 11.4 Å². The molecule has 0 spiro atoms. The lowest BCUT2D eigenvalue weighted by Crippen LogP contribution is -2.31. The first-order chi connectivity index (χ1) is 8.06. The minimum atomic E-state index is 0.103. The van der Waals surface area contributed by atoms with Crippen LogP contribution in [0.15, 0.2) is 6.20 Å². The third kappa shape index (κ3) is 4.11. The lowest BCUT2D eigenvalue weighted by atomic mass is 10.2. The molecule has 1 rings (SSSR count). The summed E-state index contributed by atoms with van der Waals surface area (Å²) in [5.41, 5.74) is 0. The maximum absolute atomic E-state index is 11.3. The predicted octanol–water partition coefficient (Wildman–Crippen LogP) is 3.75. The zero-order valence-electron chi connectivity index (χ0n) is 11.2. The Kier molecular flexibility index (Phi) is 5.62. The second-order valence-corrected chi connectivity index (χ2v) is 5.57. The first kappa shape index (κ1) is 14.2. The summed E-state index contributed by atoms with van der Waals surface area (Å²) in [5, 5.41) is 0.973. The van der Waals surface area contributed by atoms with Crippen LogP contribution in [0.5, 0.6) is 0 Å². The van der Waals surface area contributed by atoms with Crippen LogP contribution in [-0.4, -0.2) is 23.4 Å². The van der Waals surface area contributed by atoms with Gasteiger partial charge in [0.05, 0.1) is 11.1 Å². The molecule has 1 heterocycles. The number of carbonyl (C=O) groups excluding carboxylic acids is 1. The van der Waals surface area contributed by atoms with E-state index in [0.29, 0.717) is 6.04 Å². The number of rotatable bonds is 7. The SMILES string of the molecule is CCCCCN(c1ncc(C(C)=O)s1)C(C)C. The molecule has 3 nitrogen and oxygen atoms in total. The van der Waals surface area contributed by atoms with E-state index in [1.165, 1.54) is 30.6 Å². The van der Waals surface area contributed by atoms with Crippen LogP contribution in [0.2, 0.25) is 0 Å². The van der Waals surface area contributed by atoms with Crippen molar-refractivity contribution in [1.29, 1.82) is 0 Å². The van der Waals surface area contributed by atoms with Crippen molar-refractivity contribution in [3.05, 3.63) is 11.1 Å². The van der Waals surface area contributed by atoms with Gasteiger partial charge in [0.25, 0.3) is 0 Å². The third-order valence-corrected chi connectivity index (χ3v) is 3.85. The molecule has 0 N–H and O–H groups in total. The molecule has 0 saturated heterocycles. The van der Waals surface area contributed by atoms with Crippen LogP contribution >= 0.6 is 11.3 Å². The highest BCUT2D eigenvalue weighted by molar-refractivity contribution is 7.17. The van der Waals surface area contributed by atoms with Gasteiger partial charge in [-0.25, -0.2) is 4.98 Å². The Morgan fingerprint density at radius 1 is 1.47 bits per heavy atom. The van der Waals surface area contributed by atoms with Gasteiger partial charge in [-0.15, -0.1) is 0 Å². The molecule has 0 amide bonds. The third-order valence-electron chi connectivity index (χ3n) is 2.71. The van der Waals surface area contributed by atoms with Crippen LogP contribution in [0.1, 0.15) is 56.6 Å². The summed E-state index contributed by atoms with van der Waals surface area (Å²) in [4.78, 5) is 18.7. The maximum Gasteiger partial charge on any atom is 0.186 e. The summed E-state index contributed by atoms with van der Waals surface area (Å²) < 4.78 is 0. The lowest BCUT2D eigenvalue weighted by Gasteiger charge is -2.26. The van der Waals surface area contributed by atoms with E-state index >= 15 is 0 Å². The number of carbonyl (C=O) groups is 1. The average molecular weight is 254 g/mol. The fourth-order valence-corrected chi connectivity index (χ4v) is 2.64. The number of anilines is 1. The van der Waals surface area contributed by atoms with Gasteiger partial charge < -0.3 is 4.90 Å². The van der Waals surface area contributed by atoms with Gasteiger partial charge in [0.1, 0.15) is 0 Å². The van der Waals surface area contributed by atoms with Crippen LogP contribution < -0.4 is 4.90 Å². The molecule has 0 aliphatic carbocycles. The summed E-state index contributed by atoms with van der Waals surface area (Å²) in [6, 6.07) is 0.429. The van der Waals surface area contributed by atoms with Crippen LogP contribution in [-0.2, 0) is 0 Å². The monoisotopic (exact) mass is 254 g/mol. The minimum absolute atomic E-state index is 0.103. The number of unbranched alkanes of at least 4 members (excludes halogenated alkanes) is 2. The molecule has 96 valence electrons. The fraction of sp³-hybridized carbons (Fsp3) is 0.692. The Bertz CT molecular complexity index is 360. The van der Waals surface area contributed by atoms with Gasteiger partial charge in [0.15, 0.2) is 10.9 Å². The Labute approximate surface area is 108 Å². The van der Waals surface area contributed by atoms with E-state index in [-0.39, 0.29) is 5.78 Å². The van der Waals surface area contributed by atoms with Crippen molar-refractivity contribution in [2.45, 2.75) is 53.0 Å². The Balaban J connectivity index is 2.71. The highest BCUT2D eigenvalue weighted by atomic mass is 32.1. The fourth-order valence-electron chi connectivity index (χ4n) is 1.67. The van der Waals surface area contributed by atoms with Gasteiger partial charge in [0, 0.05) is 19.5 Å². The van der Waals surface area contributed by atoms with E-state index in [4.69, 9.17) is 0 Å². The maximum atomic E-state index is 11.3. The van der Waals surface area contributed by atoms with Crippen LogP contribution in [0.3, 0.4) is 0 Å². The van der Waals surface area contributed by atoms with Crippen molar-refractivity contribution in [2.24, 2.45) is 0 Å². The van der Waals surface area contributed by atoms with Gasteiger partial charge in [0.2, 0.25) is 0 Å². The van der Waals surface area contributed by atoms with Crippen molar-refractivity contribution in [3.63, 3.8) is 0 Å². The minimum Gasteiger partial charge on any atom is -0.346 e. The first-order valence-corrected chi connectivity index (χ1v) is 7.11. The molecular formula is C13H22N2OS. The molecule has 0 atom stereocenters. The number of nitrogens with zero attached hydrogens (tertiary/aromatic N) is 2. The standard InChI is InChI=1S/C13H22N2OS/c1-5-6-7-8-15(10(2)3)13-14-9-12(17-13)11(4)16/h9-10H,5-8H2,1-4H3. The molecule has 0 radical (unpaired) electrons. The topological polar surface area (TPSA) is 33.2 Å². The molecule has 0 aliphatic heterocycles. The largest absolute Gasteiger partial charge is 0.346 e. The number of ketones is 1. The summed E-state index contributed by atoms with van der Waals surface area (Å²) in [5.74, 6) is 0.103. The van der Waals surface area contributed by atoms with E-state index in [9.17, 15) is 4.79 Å². The van der Waals surface area contributed by atoms with E-state index < -0.39 is 0 Å². The van der Waals surface area contributed by atoms with E-state index in [2.05, 4.69) is 30.7 Å². The highest BCUT2D eigenvalue weighted by Gasteiger charge is 2.15. The first-order valence-electron chi connectivity index (χ1n) is 6.29. The van der Waals surface area contributed by atoms with E-state index in [1.54, 1.807) is 13.1 Å². The molecule has 0 bridgehead atoms. The Morgan fingerprint density at radius 3 is 2.65 bits per heavy atom. The predicted molar refractivity (Wildman–Crippen MR) is 74.1 cm³/mol. The second-order valence-electron chi connectivity index (χ2n) is 4.56. The molecule has 4 heteroatoms. The molecule has 1 aromatic rings.